The number of halogens is 2. The second-order valence-electron chi connectivity index (χ2n) is 0.896. The smallest absolute Gasteiger partial charge is 0.264 e. The van der Waals surface area contributed by atoms with Crippen molar-refractivity contribution in [3.63, 3.8) is 0 Å². The fourth-order valence-corrected chi connectivity index (χ4v) is 0. The van der Waals surface area contributed by atoms with E-state index in [9.17, 15) is 0 Å². The third-order valence-corrected chi connectivity index (χ3v) is 0. The monoisotopic (exact) mass is 320 g/mol. The average Bonchev–Trinajstić information content (AvgIpc) is 1.12. The molecule has 0 unspecified atom stereocenters. The molecular weight excluding hydrogens is 312 g/mol. The molecule has 0 aliphatic heterocycles. The minimum absolute atomic E-state index is 0. The Balaban J connectivity index is -0.0000000178. The molecule has 14 heavy (non-hydrogen) atoms. The van der Waals surface area contributed by atoms with E-state index in [1.165, 1.54) is 0 Å². The van der Waals surface area contributed by atoms with Gasteiger partial charge in [0.2, 0.25) is 0 Å². The van der Waals surface area contributed by atoms with Crippen LogP contribution in [0.15, 0.2) is 0 Å². The lowest BCUT2D eigenvalue weighted by Crippen LogP contribution is -1.89. The van der Waals surface area contributed by atoms with E-state index in [0.29, 0.717) is 0 Å². The maximum absolute atomic E-state index is 8.74. The van der Waals surface area contributed by atoms with Gasteiger partial charge >= 0.3 is 66.9 Å². The van der Waals surface area contributed by atoms with Crippen molar-refractivity contribution in [2.75, 3.05) is 0 Å². The lowest BCUT2D eigenvalue weighted by Gasteiger charge is -1.68. The Morgan fingerprint density at radius 1 is 0.571 bits per heavy atom. The van der Waals surface area contributed by atoms with Crippen LogP contribution in [0.2, 0.25) is 0 Å². The summed E-state index contributed by atoms with van der Waals surface area (Å²) in [4.78, 5) is 0. The zero-order valence-electron chi connectivity index (χ0n) is 5.05. The van der Waals surface area contributed by atoms with Gasteiger partial charge in [-0.2, -0.15) is 16.8 Å². The summed E-state index contributed by atoms with van der Waals surface area (Å²) in [5, 5.41) is 0. The van der Waals surface area contributed by atoms with Crippen LogP contribution in [-0.4, -0.2) is 81.2 Å². The molecule has 88 valence electrons. The summed E-state index contributed by atoms with van der Waals surface area (Å²) >= 11 is 0. The van der Waals surface area contributed by atoms with Crippen LogP contribution in [0.4, 0.5) is 0 Å². The van der Waals surface area contributed by atoms with Gasteiger partial charge in [0.25, 0.3) is 0 Å². The van der Waals surface area contributed by atoms with Crippen molar-refractivity contribution < 1.29 is 35.0 Å². The highest BCUT2D eigenvalue weighted by Gasteiger charge is 1.85. The second kappa shape index (κ2) is 14.9. The predicted molar refractivity (Wildman–Crippen MR) is 59.9 cm³/mol. The molecular formula is H10Cl2Mg2O8S2. The van der Waals surface area contributed by atoms with Crippen molar-refractivity contribution in [2.45, 2.75) is 0 Å². The minimum Gasteiger partial charge on any atom is -0.264 e. The highest BCUT2D eigenvalue weighted by Crippen LogP contribution is 1.59. The molecule has 14 heteroatoms. The molecule has 0 saturated heterocycles. The summed E-state index contributed by atoms with van der Waals surface area (Å²) in [6.45, 7) is 0. The molecule has 0 aliphatic rings. The van der Waals surface area contributed by atoms with E-state index in [1.54, 1.807) is 0 Å². The van der Waals surface area contributed by atoms with Crippen LogP contribution in [0, 0.1) is 0 Å². The van der Waals surface area contributed by atoms with E-state index in [0.717, 1.165) is 0 Å². The second-order valence-corrected chi connectivity index (χ2v) is 2.69. The molecule has 8 nitrogen and oxygen atoms in total. The van der Waals surface area contributed by atoms with Crippen molar-refractivity contribution in [1.82, 2.24) is 0 Å². The first-order chi connectivity index (χ1) is 4.00. The Kier molecular flexibility index (Phi) is 38.2. The quantitative estimate of drug-likeness (QED) is 0.287. The predicted octanol–water partition coefficient (Wildman–Crippen LogP) is -2.29. The van der Waals surface area contributed by atoms with Crippen molar-refractivity contribution in [2.24, 2.45) is 0 Å². The minimum atomic E-state index is -4.67. The molecule has 0 radical (unpaired) electrons. The van der Waals surface area contributed by atoms with E-state index < -0.39 is 20.8 Å². The van der Waals surface area contributed by atoms with E-state index >= 15 is 0 Å². The van der Waals surface area contributed by atoms with E-state index in [1.807, 2.05) is 0 Å². The van der Waals surface area contributed by atoms with Crippen LogP contribution in [-0.2, 0) is 20.8 Å². The lowest BCUT2D eigenvalue weighted by molar-refractivity contribution is 0.378. The molecule has 0 bridgehead atoms. The van der Waals surface area contributed by atoms with Crippen molar-refractivity contribution >= 4 is 91.7 Å². The van der Waals surface area contributed by atoms with Gasteiger partial charge in [0.15, 0.2) is 0 Å². The summed E-state index contributed by atoms with van der Waals surface area (Å²) in [5.41, 5.74) is 0. The Labute approximate surface area is 125 Å². The Hall–Kier alpha value is 1.85. The molecule has 0 aromatic heterocycles. The fourth-order valence-electron chi connectivity index (χ4n) is 0. The molecule has 0 aromatic carbocycles. The largest absolute Gasteiger partial charge is 0.394 e. The van der Waals surface area contributed by atoms with Crippen LogP contribution in [0.5, 0.6) is 0 Å². The molecule has 0 amide bonds. The number of hydrogen-bond acceptors (Lipinski definition) is 4. The van der Waals surface area contributed by atoms with Crippen molar-refractivity contribution in [3.8, 4) is 0 Å². The molecule has 0 atom stereocenters. The average molecular weight is 322 g/mol. The van der Waals surface area contributed by atoms with Gasteiger partial charge in [-0.05, 0) is 0 Å². The first-order valence-corrected chi connectivity index (χ1v) is 4.19. The molecule has 0 fully saturated rings. The Morgan fingerprint density at radius 3 is 0.571 bits per heavy atom. The Morgan fingerprint density at radius 2 is 0.571 bits per heavy atom. The molecule has 0 spiro atoms. The van der Waals surface area contributed by atoms with Crippen LogP contribution < -0.4 is 0 Å². The zero-order chi connectivity index (χ0) is 9.00. The maximum atomic E-state index is 8.74. The van der Waals surface area contributed by atoms with Gasteiger partial charge in [0, 0.05) is 0 Å². The van der Waals surface area contributed by atoms with Gasteiger partial charge in [0.05, 0.1) is 0 Å². The van der Waals surface area contributed by atoms with Crippen LogP contribution in [0.3, 0.4) is 0 Å². The molecule has 0 rings (SSSR count). The third kappa shape index (κ3) is 667. The standard InChI is InChI=1S/2ClH.2Mg.2H2O4S.4H/c;;;;2*1-5(2,3)4;;;;/h2*1H;;;2*(H2,1,2,3,4);;;;. The zero-order valence-corrected chi connectivity index (χ0v) is 8.32. The first-order valence-electron chi connectivity index (χ1n) is 1.40. The third-order valence-electron chi connectivity index (χ3n) is 0. The molecule has 0 heterocycles. The summed E-state index contributed by atoms with van der Waals surface area (Å²) in [6.07, 6.45) is 0. The SMILES string of the molecule is Cl.Cl.O=S(=O)(O)O.O=S(=O)(O)O.[MgH2].[MgH2]. The number of rotatable bonds is 0. The van der Waals surface area contributed by atoms with Gasteiger partial charge < -0.3 is 0 Å². The van der Waals surface area contributed by atoms with Crippen LogP contribution in [0.1, 0.15) is 0 Å². The Bertz CT molecular complexity index is 220. The van der Waals surface area contributed by atoms with Gasteiger partial charge in [0.1, 0.15) is 0 Å². The van der Waals surface area contributed by atoms with E-state index in [2.05, 4.69) is 0 Å². The van der Waals surface area contributed by atoms with Gasteiger partial charge in [-0.3, -0.25) is 18.2 Å². The molecule has 0 aliphatic carbocycles. The van der Waals surface area contributed by atoms with Crippen LogP contribution >= 0.6 is 24.8 Å². The van der Waals surface area contributed by atoms with E-state index in [4.69, 9.17) is 35.0 Å². The highest BCUT2D eigenvalue weighted by molar-refractivity contribution is 7.80. The molecule has 4 N–H and O–H groups in total. The number of hydrogen-bond donors (Lipinski definition) is 4. The fraction of sp³-hybridized carbons (Fsp3) is 0. The summed E-state index contributed by atoms with van der Waals surface area (Å²) in [7, 11) is -9.33. The van der Waals surface area contributed by atoms with Crippen molar-refractivity contribution in [1.29, 1.82) is 0 Å². The maximum Gasteiger partial charge on any atom is 0.394 e. The molecule has 0 saturated carbocycles. The summed E-state index contributed by atoms with van der Waals surface area (Å²) < 4.78 is 63.2. The van der Waals surface area contributed by atoms with Gasteiger partial charge in [-0.15, -0.1) is 24.8 Å². The first kappa shape index (κ1) is 36.0. The van der Waals surface area contributed by atoms with E-state index in [-0.39, 0.29) is 70.9 Å². The lowest BCUT2D eigenvalue weighted by atomic mass is 15.8. The van der Waals surface area contributed by atoms with Gasteiger partial charge in [-0.25, -0.2) is 0 Å². The summed E-state index contributed by atoms with van der Waals surface area (Å²) in [5.74, 6) is 0. The summed E-state index contributed by atoms with van der Waals surface area (Å²) in [6, 6.07) is 0. The van der Waals surface area contributed by atoms with Gasteiger partial charge in [-0.1, -0.05) is 0 Å². The topological polar surface area (TPSA) is 149 Å². The molecule has 0 aromatic rings. The van der Waals surface area contributed by atoms with Crippen molar-refractivity contribution in [3.05, 3.63) is 0 Å². The highest BCUT2D eigenvalue weighted by atomic mass is 35.5. The normalized spacial score (nSPS) is 8.29. The van der Waals surface area contributed by atoms with Crippen LogP contribution in [0.25, 0.3) is 0 Å².